The Bertz CT molecular complexity index is 978. The number of carboxylic acid groups (broad SMARTS) is 1. The zero-order valence-corrected chi connectivity index (χ0v) is 19.9. The van der Waals surface area contributed by atoms with E-state index in [1.54, 1.807) is 19.0 Å². The highest BCUT2D eigenvalue weighted by atomic mass is 16.5. The fourth-order valence-electron chi connectivity index (χ4n) is 4.30. The maximum Gasteiger partial charge on any atom is 0.407 e. The number of likely N-dealkylation sites (N-methyl/N-ethyl adjacent to an activating group) is 1. The van der Waals surface area contributed by atoms with Crippen molar-refractivity contribution in [2.24, 2.45) is 5.92 Å². The third-order valence-corrected chi connectivity index (χ3v) is 6.11. The molecule has 34 heavy (non-hydrogen) atoms. The molecule has 8 heteroatoms. The molecule has 2 aromatic carbocycles. The highest BCUT2D eigenvalue weighted by Crippen LogP contribution is 2.44. The van der Waals surface area contributed by atoms with Crippen LogP contribution in [-0.4, -0.2) is 67.8 Å². The standard InChI is InChI=1S/C26H33N3O5/c1-4-17(13-24(30)28-23(25(31)32)15-29(2)3)14-27-26(33)34-16-22-20-11-7-5-9-18(20)19-10-6-8-12-21(19)22/h5-12,17,22-23H,4,13-16H2,1-3H3,(H,27,33)(H,28,30)(H,31,32)/t17?,23-/m0/s1. The molecule has 1 aliphatic rings. The molecule has 0 aliphatic heterocycles. The van der Waals surface area contributed by atoms with Crippen molar-refractivity contribution >= 4 is 18.0 Å². The number of hydrogen-bond donors (Lipinski definition) is 3. The molecule has 0 saturated carbocycles. The van der Waals surface area contributed by atoms with Crippen LogP contribution in [0.4, 0.5) is 4.79 Å². The zero-order valence-electron chi connectivity index (χ0n) is 19.9. The van der Waals surface area contributed by atoms with Crippen molar-refractivity contribution in [3.63, 3.8) is 0 Å². The monoisotopic (exact) mass is 467 g/mol. The second-order valence-electron chi connectivity index (χ2n) is 8.91. The first-order chi connectivity index (χ1) is 16.3. The van der Waals surface area contributed by atoms with E-state index in [-0.39, 0.29) is 43.9 Å². The molecule has 3 rings (SSSR count). The second kappa shape index (κ2) is 11.7. The first-order valence-electron chi connectivity index (χ1n) is 11.6. The molecule has 2 aromatic rings. The summed E-state index contributed by atoms with van der Waals surface area (Å²) in [6.07, 6.45) is 0.247. The first kappa shape index (κ1) is 25.2. The van der Waals surface area contributed by atoms with E-state index in [2.05, 4.69) is 34.9 Å². The minimum atomic E-state index is -1.08. The molecule has 0 bridgehead atoms. The van der Waals surface area contributed by atoms with E-state index in [9.17, 15) is 19.5 Å². The van der Waals surface area contributed by atoms with Crippen molar-refractivity contribution in [1.29, 1.82) is 0 Å². The van der Waals surface area contributed by atoms with Gasteiger partial charge in [0.15, 0.2) is 0 Å². The number of hydrogen-bond acceptors (Lipinski definition) is 5. The summed E-state index contributed by atoms with van der Waals surface area (Å²) in [4.78, 5) is 37.8. The van der Waals surface area contributed by atoms with Gasteiger partial charge in [-0.1, -0.05) is 61.9 Å². The number of alkyl carbamates (subject to hydrolysis) is 1. The molecule has 0 spiro atoms. The van der Waals surface area contributed by atoms with Gasteiger partial charge >= 0.3 is 12.1 Å². The van der Waals surface area contributed by atoms with Crippen molar-refractivity contribution in [1.82, 2.24) is 15.5 Å². The van der Waals surface area contributed by atoms with E-state index < -0.39 is 18.1 Å². The number of fused-ring (bicyclic) bond motifs is 3. The van der Waals surface area contributed by atoms with Crippen LogP contribution < -0.4 is 10.6 Å². The smallest absolute Gasteiger partial charge is 0.407 e. The Hall–Kier alpha value is -3.39. The normalized spacial score (nSPS) is 14.1. The van der Waals surface area contributed by atoms with Gasteiger partial charge < -0.3 is 25.4 Å². The van der Waals surface area contributed by atoms with Crippen LogP contribution in [0.25, 0.3) is 11.1 Å². The van der Waals surface area contributed by atoms with Crippen LogP contribution in [0.2, 0.25) is 0 Å². The predicted octanol–water partition coefficient (Wildman–Crippen LogP) is 3.07. The third kappa shape index (κ3) is 6.35. The average molecular weight is 468 g/mol. The molecule has 0 radical (unpaired) electrons. The maximum absolute atomic E-state index is 12.4. The highest BCUT2D eigenvalue weighted by Gasteiger charge is 2.29. The van der Waals surface area contributed by atoms with Crippen LogP contribution in [0.3, 0.4) is 0 Å². The van der Waals surface area contributed by atoms with E-state index in [4.69, 9.17) is 4.74 Å². The number of ether oxygens (including phenoxy) is 1. The maximum atomic E-state index is 12.4. The molecule has 182 valence electrons. The topological polar surface area (TPSA) is 108 Å². The number of aliphatic carboxylic acids is 1. The number of carboxylic acids is 1. The number of benzene rings is 2. The van der Waals surface area contributed by atoms with E-state index in [0.29, 0.717) is 6.42 Å². The van der Waals surface area contributed by atoms with Crippen molar-refractivity contribution in [2.75, 3.05) is 33.8 Å². The fourth-order valence-corrected chi connectivity index (χ4v) is 4.30. The Morgan fingerprint density at radius 2 is 1.62 bits per heavy atom. The summed E-state index contributed by atoms with van der Waals surface area (Å²) in [6.45, 7) is 2.62. The summed E-state index contributed by atoms with van der Waals surface area (Å²) in [5, 5.41) is 14.6. The van der Waals surface area contributed by atoms with Crippen molar-refractivity contribution in [3.05, 3.63) is 59.7 Å². The molecule has 8 nitrogen and oxygen atoms in total. The third-order valence-electron chi connectivity index (χ3n) is 6.11. The summed E-state index contributed by atoms with van der Waals surface area (Å²) in [5.41, 5.74) is 4.62. The van der Waals surface area contributed by atoms with Gasteiger partial charge in [0, 0.05) is 25.4 Å². The Kier molecular flexibility index (Phi) is 8.65. The van der Waals surface area contributed by atoms with E-state index in [0.717, 1.165) is 22.3 Å². The van der Waals surface area contributed by atoms with Crippen LogP contribution in [0, 0.1) is 5.92 Å². The lowest BCUT2D eigenvalue weighted by molar-refractivity contribution is -0.142. The van der Waals surface area contributed by atoms with E-state index in [1.165, 1.54) is 0 Å². The first-order valence-corrected chi connectivity index (χ1v) is 11.6. The molecular weight excluding hydrogens is 434 g/mol. The van der Waals surface area contributed by atoms with Crippen LogP contribution in [0.15, 0.2) is 48.5 Å². The number of carbonyl (C=O) groups is 3. The summed E-state index contributed by atoms with van der Waals surface area (Å²) in [6, 6.07) is 15.3. The Morgan fingerprint density at radius 3 is 2.15 bits per heavy atom. The molecule has 3 N–H and O–H groups in total. The van der Waals surface area contributed by atoms with E-state index >= 15 is 0 Å². The number of amides is 2. The van der Waals surface area contributed by atoms with Gasteiger partial charge in [0.2, 0.25) is 5.91 Å². The van der Waals surface area contributed by atoms with Crippen molar-refractivity contribution < 1.29 is 24.2 Å². The second-order valence-corrected chi connectivity index (χ2v) is 8.91. The summed E-state index contributed by atoms with van der Waals surface area (Å²) >= 11 is 0. The van der Waals surface area contributed by atoms with Gasteiger partial charge in [0.05, 0.1) is 0 Å². The Balaban J connectivity index is 1.50. The van der Waals surface area contributed by atoms with Crippen LogP contribution in [0.5, 0.6) is 0 Å². The minimum absolute atomic E-state index is 0.0180. The van der Waals surface area contributed by atoms with Gasteiger partial charge in [-0.2, -0.15) is 0 Å². The lowest BCUT2D eigenvalue weighted by atomic mass is 9.98. The summed E-state index contributed by atoms with van der Waals surface area (Å²) in [5.74, 6) is -1.58. The zero-order chi connectivity index (χ0) is 24.7. The fraction of sp³-hybridized carbons (Fsp3) is 0.423. The summed E-state index contributed by atoms with van der Waals surface area (Å²) in [7, 11) is 3.49. The highest BCUT2D eigenvalue weighted by molar-refractivity contribution is 5.84. The summed E-state index contributed by atoms with van der Waals surface area (Å²) < 4.78 is 5.55. The number of nitrogens with one attached hydrogen (secondary N) is 2. The molecule has 2 amide bonds. The van der Waals surface area contributed by atoms with Crippen LogP contribution in [-0.2, 0) is 14.3 Å². The largest absolute Gasteiger partial charge is 0.480 e. The lowest BCUT2D eigenvalue weighted by Crippen LogP contribution is -2.47. The van der Waals surface area contributed by atoms with Crippen molar-refractivity contribution in [2.45, 2.75) is 31.7 Å². The van der Waals surface area contributed by atoms with Gasteiger partial charge in [-0.15, -0.1) is 0 Å². The number of carbonyl (C=O) groups excluding carboxylic acids is 2. The Labute approximate surface area is 200 Å². The molecular formula is C26H33N3O5. The molecule has 0 fully saturated rings. The molecule has 0 saturated heterocycles. The van der Waals surface area contributed by atoms with Gasteiger partial charge in [0.1, 0.15) is 12.6 Å². The van der Waals surface area contributed by atoms with Gasteiger partial charge in [-0.05, 0) is 42.3 Å². The van der Waals surface area contributed by atoms with Crippen LogP contribution in [0.1, 0.15) is 36.8 Å². The van der Waals surface area contributed by atoms with Gasteiger partial charge in [-0.3, -0.25) is 4.79 Å². The number of nitrogens with zero attached hydrogens (tertiary/aromatic N) is 1. The minimum Gasteiger partial charge on any atom is -0.480 e. The molecule has 1 unspecified atom stereocenters. The number of rotatable bonds is 11. The van der Waals surface area contributed by atoms with Gasteiger partial charge in [0.25, 0.3) is 0 Å². The molecule has 1 aliphatic carbocycles. The SMILES string of the molecule is CCC(CNC(=O)OCC1c2ccccc2-c2ccccc21)CC(=O)N[C@@H](CN(C)C)C(=O)O. The predicted molar refractivity (Wildman–Crippen MR) is 130 cm³/mol. The van der Waals surface area contributed by atoms with E-state index in [1.807, 2.05) is 31.2 Å². The average Bonchev–Trinajstić information content (AvgIpc) is 3.13. The molecule has 0 heterocycles. The molecule has 0 aromatic heterocycles. The quantitative estimate of drug-likeness (QED) is 0.469. The van der Waals surface area contributed by atoms with Crippen LogP contribution >= 0.6 is 0 Å². The lowest BCUT2D eigenvalue weighted by Gasteiger charge is -2.21. The molecule has 2 atom stereocenters. The Morgan fingerprint density at radius 1 is 1.03 bits per heavy atom. The van der Waals surface area contributed by atoms with Crippen molar-refractivity contribution in [3.8, 4) is 11.1 Å². The van der Waals surface area contributed by atoms with Gasteiger partial charge in [-0.25, -0.2) is 9.59 Å².